The van der Waals surface area contributed by atoms with Gasteiger partial charge in [0.2, 0.25) is 0 Å². The molecule has 1 fully saturated rings. The van der Waals surface area contributed by atoms with Crippen LogP contribution in [0.4, 0.5) is 0 Å². The Morgan fingerprint density at radius 1 is 1.11 bits per heavy atom. The van der Waals surface area contributed by atoms with Crippen molar-refractivity contribution in [3.63, 3.8) is 0 Å². The molecule has 0 aromatic rings. The Kier molecular flexibility index (Phi) is 2.15. The molecule has 0 spiro atoms. The predicted octanol–water partition coefficient (Wildman–Crippen LogP) is 3.04. The van der Waals surface area contributed by atoms with E-state index in [0.29, 0.717) is 0 Å². The van der Waals surface area contributed by atoms with E-state index in [0.717, 1.165) is 11.8 Å². The van der Waals surface area contributed by atoms with E-state index < -0.39 is 0 Å². The number of rotatable bonds is 0. The van der Waals surface area contributed by atoms with Gasteiger partial charge in [0.15, 0.2) is 0 Å². The normalized spacial score (nSPS) is 39.0. The molecule has 0 aliphatic heterocycles. The summed E-state index contributed by atoms with van der Waals surface area (Å²) in [5, 5.41) is 0. The van der Waals surface area contributed by atoms with Gasteiger partial charge in [-0.3, -0.25) is 0 Å². The predicted molar refractivity (Wildman–Crippen MR) is 41.1 cm³/mol. The summed E-state index contributed by atoms with van der Waals surface area (Å²) >= 11 is 0. The van der Waals surface area contributed by atoms with Crippen LogP contribution < -0.4 is 0 Å². The van der Waals surface area contributed by atoms with Gasteiger partial charge in [0.25, 0.3) is 0 Å². The third-order valence-corrected chi connectivity index (χ3v) is 2.20. The summed E-state index contributed by atoms with van der Waals surface area (Å²) in [6, 6.07) is 0. The van der Waals surface area contributed by atoms with Crippen molar-refractivity contribution in [2.75, 3.05) is 0 Å². The summed E-state index contributed by atoms with van der Waals surface area (Å²) in [5.74, 6) is 3.61. The quantitative estimate of drug-likeness (QED) is 0.467. The summed E-state index contributed by atoms with van der Waals surface area (Å²) in [7, 11) is 0. The van der Waals surface area contributed by atoms with Crippen LogP contribution in [-0.4, -0.2) is 0 Å². The van der Waals surface area contributed by atoms with E-state index in [9.17, 15) is 0 Å². The van der Waals surface area contributed by atoms with Crippen molar-refractivity contribution < 1.29 is 0 Å². The van der Waals surface area contributed by atoms with Crippen molar-refractivity contribution >= 4 is 0 Å². The van der Waals surface area contributed by atoms with E-state index in [1.54, 1.807) is 5.92 Å². The van der Waals surface area contributed by atoms with Gasteiger partial charge in [0.1, 0.15) is 0 Å². The van der Waals surface area contributed by atoms with E-state index in [1.807, 2.05) is 0 Å². The maximum atomic E-state index is 2.36. The van der Waals surface area contributed by atoms with E-state index in [4.69, 9.17) is 0 Å². The van der Waals surface area contributed by atoms with Gasteiger partial charge in [-0.15, -0.1) is 0 Å². The largest absolute Gasteiger partial charge is 0.0625 e. The van der Waals surface area contributed by atoms with E-state index in [1.165, 1.54) is 19.3 Å². The molecule has 1 rings (SSSR count). The summed E-state index contributed by atoms with van der Waals surface area (Å²) in [6.07, 6.45) is 4.20. The lowest BCUT2D eigenvalue weighted by molar-refractivity contribution is 0.325. The molecule has 0 heteroatoms. The van der Waals surface area contributed by atoms with E-state index in [2.05, 4.69) is 20.8 Å². The summed E-state index contributed by atoms with van der Waals surface area (Å²) in [5.41, 5.74) is 0. The van der Waals surface area contributed by atoms with Gasteiger partial charge in [-0.1, -0.05) is 20.8 Å². The van der Waals surface area contributed by atoms with Gasteiger partial charge >= 0.3 is 0 Å². The molecule has 2 unspecified atom stereocenters. The van der Waals surface area contributed by atoms with E-state index >= 15 is 0 Å². The van der Waals surface area contributed by atoms with Crippen LogP contribution in [0, 0.1) is 17.8 Å². The molecule has 53 valence electrons. The van der Waals surface area contributed by atoms with Gasteiger partial charge in [-0.2, -0.15) is 0 Å². The molecule has 0 saturated heterocycles. The minimum absolute atomic E-state index is 0.953. The van der Waals surface area contributed by atoms with Crippen molar-refractivity contribution in [3.05, 3.63) is 5.92 Å². The van der Waals surface area contributed by atoms with Crippen LogP contribution in [0.25, 0.3) is 0 Å². The first-order chi connectivity index (χ1) is 4.18. The highest BCUT2D eigenvalue weighted by Crippen LogP contribution is 2.33. The van der Waals surface area contributed by atoms with Crippen molar-refractivity contribution in [2.24, 2.45) is 11.8 Å². The molecule has 1 aliphatic carbocycles. The third kappa shape index (κ3) is 2.00. The molecule has 1 aliphatic rings. The molecule has 0 bridgehead atoms. The molecular formula is C9H17. The topological polar surface area (TPSA) is 0 Å². The lowest BCUT2D eigenvalue weighted by atomic mass is 9.78. The second kappa shape index (κ2) is 2.72. The van der Waals surface area contributed by atoms with E-state index in [-0.39, 0.29) is 0 Å². The Hall–Kier alpha value is 0. The monoisotopic (exact) mass is 125 g/mol. The van der Waals surface area contributed by atoms with Gasteiger partial charge < -0.3 is 0 Å². The Balaban J connectivity index is 2.34. The lowest BCUT2D eigenvalue weighted by Crippen LogP contribution is -2.15. The molecule has 2 atom stereocenters. The zero-order valence-electron chi connectivity index (χ0n) is 6.78. The molecule has 0 amide bonds. The zero-order chi connectivity index (χ0) is 6.85. The standard InChI is InChI=1S/C9H17/c1-7-4-8(2)6-9(3)5-7/h7-8H,4-6H2,1-3H3. The SMILES string of the molecule is C[C]1CC(C)CC(C)C1. The van der Waals surface area contributed by atoms with Crippen LogP contribution >= 0.6 is 0 Å². The first kappa shape index (κ1) is 7.11. The van der Waals surface area contributed by atoms with Crippen molar-refractivity contribution in [1.82, 2.24) is 0 Å². The molecule has 9 heavy (non-hydrogen) atoms. The summed E-state index contributed by atoms with van der Waals surface area (Å²) in [6.45, 7) is 7.02. The maximum absolute atomic E-state index is 2.36. The molecule has 1 saturated carbocycles. The summed E-state index contributed by atoms with van der Waals surface area (Å²) < 4.78 is 0. The second-order valence-corrected chi connectivity index (χ2v) is 3.81. The minimum Gasteiger partial charge on any atom is -0.0625 e. The highest BCUT2D eigenvalue weighted by molar-refractivity contribution is 4.92. The van der Waals surface area contributed by atoms with Gasteiger partial charge in [0, 0.05) is 0 Å². The van der Waals surface area contributed by atoms with Crippen LogP contribution in [-0.2, 0) is 0 Å². The first-order valence-electron chi connectivity index (χ1n) is 3.99. The Morgan fingerprint density at radius 2 is 1.56 bits per heavy atom. The van der Waals surface area contributed by atoms with Crippen LogP contribution in [0.2, 0.25) is 0 Å². The van der Waals surface area contributed by atoms with Crippen molar-refractivity contribution in [3.8, 4) is 0 Å². The third-order valence-electron chi connectivity index (χ3n) is 2.20. The smallest absolute Gasteiger partial charge is 0.0267 e. The van der Waals surface area contributed by atoms with Gasteiger partial charge in [0.05, 0.1) is 0 Å². The second-order valence-electron chi connectivity index (χ2n) is 3.81. The lowest BCUT2D eigenvalue weighted by Gasteiger charge is -2.28. The van der Waals surface area contributed by atoms with Crippen molar-refractivity contribution in [1.29, 1.82) is 0 Å². The average molecular weight is 125 g/mol. The van der Waals surface area contributed by atoms with Crippen LogP contribution in [0.5, 0.6) is 0 Å². The van der Waals surface area contributed by atoms with Gasteiger partial charge in [-0.25, -0.2) is 0 Å². The van der Waals surface area contributed by atoms with Crippen LogP contribution in [0.15, 0.2) is 0 Å². The number of hydrogen-bond donors (Lipinski definition) is 0. The molecule has 1 radical (unpaired) electrons. The molecule has 0 aromatic carbocycles. The van der Waals surface area contributed by atoms with Crippen LogP contribution in [0.3, 0.4) is 0 Å². The Morgan fingerprint density at radius 3 is 1.89 bits per heavy atom. The highest BCUT2D eigenvalue weighted by Gasteiger charge is 2.20. The highest BCUT2D eigenvalue weighted by atomic mass is 14.3. The Bertz CT molecular complexity index is 61.0. The summed E-state index contributed by atoms with van der Waals surface area (Å²) in [4.78, 5) is 0. The van der Waals surface area contributed by atoms with Crippen LogP contribution in [0.1, 0.15) is 40.0 Å². The molecular weight excluding hydrogens is 108 g/mol. The minimum atomic E-state index is 0.953. The number of hydrogen-bond acceptors (Lipinski definition) is 0. The zero-order valence-corrected chi connectivity index (χ0v) is 6.78. The fourth-order valence-electron chi connectivity index (χ4n) is 2.13. The molecule has 0 heterocycles. The molecule has 0 nitrogen and oxygen atoms in total. The first-order valence-corrected chi connectivity index (χ1v) is 3.99. The fraction of sp³-hybridized carbons (Fsp3) is 0.889. The average Bonchev–Trinajstić information content (AvgIpc) is 1.59. The van der Waals surface area contributed by atoms with Crippen molar-refractivity contribution in [2.45, 2.75) is 40.0 Å². The Labute approximate surface area is 58.7 Å². The maximum Gasteiger partial charge on any atom is -0.0267 e. The molecule has 0 N–H and O–H groups in total. The molecule has 0 aromatic heterocycles. The van der Waals surface area contributed by atoms with Gasteiger partial charge in [-0.05, 0) is 37.0 Å². The fourth-order valence-corrected chi connectivity index (χ4v) is 2.13.